The number of rotatable bonds is 8. The van der Waals surface area contributed by atoms with Crippen LogP contribution in [0.4, 0.5) is 0 Å². The minimum Gasteiger partial charge on any atom is -0.494 e. The molecule has 3 rings (SSSR count). The van der Waals surface area contributed by atoms with E-state index in [1.165, 1.54) is 5.56 Å². The Morgan fingerprint density at radius 2 is 2.12 bits per heavy atom. The molecule has 5 heteroatoms. The Balaban J connectivity index is 1.48. The predicted molar refractivity (Wildman–Crippen MR) is 95.0 cm³/mol. The average molecular weight is 329 g/mol. The van der Waals surface area contributed by atoms with E-state index in [1.807, 2.05) is 32.0 Å². The summed E-state index contributed by atoms with van der Waals surface area (Å²) in [6.45, 7) is 7.52. The van der Waals surface area contributed by atoms with Crippen LogP contribution >= 0.6 is 0 Å². The Kier molecular flexibility index (Phi) is 5.91. The van der Waals surface area contributed by atoms with Gasteiger partial charge >= 0.3 is 0 Å². The summed E-state index contributed by atoms with van der Waals surface area (Å²) in [5.41, 5.74) is 7.82. The molecule has 1 aliphatic heterocycles. The number of aryl methyl sites for hydroxylation is 1. The van der Waals surface area contributed by atoms with E-state index >= 15 is 0 Å². The lowest BCUT2D eigenvalue weighted by atomic mass is 10.00. The molecule has 130 valence electrons. The molecule has 0 bridgehead atoms. The van der Waals surface area contributed by atoms with Crippen molar-refractivity contribution in [1.82, 2.24) is 16.2 Å². The fraction of sp³-hybridized carbons (Fsp3) is 0.474. The van der Waals surface area contributed by atoms with Crippen molar-refractivity contribution in [2.45, 2.75) is 26.3 Å². The summed E-state index contributed by atoms with van der Waals surface area (Å²) < 4.78 is 11.5. The van der Waals surface area contributed by atoms with E-state index in [0.29, 0.717) is 12.5 Å². The van der Waals surface area contributed by atoms with Crippen molar-refractivity contribution >= 4 is 0 Å². The highest BCUT2D eigenvalue weighted by atomic mass is 16.5. The Hall–Kier alpha value is -1.82. The van der Waals surface area contributed by atoms with E-state index in [9.17, 15) is 0 Å². The van der Waals surface area contributed by atoms with Crippen LogP contribution in [0.2, 0.25) is 0 Å². The zero-order valence-electron chi connectivity index (χ0n) is 14.5. The standard InChI is InChI=1S/C19H27N3O2/c1-3-23-17-7-5-4-6-15(17)10-11-20-12-16-13-21-22-19(16)18-9-8-14(2)24-18/h4-9,16,19-22H,3,10-13H2,1-2H3. The molecular weight excluding hydrogens is 302 g/mol. The van der Waals surface area contributed by atoms with Crippen molar-refractivity contribution in [2.75, 3.05) is 26.2 Å². The van der Waals surface area contributed by atoms with Gasteiger partial charge in [-0.3, -0.25) is 5.43 Å². The summed E-state index contributed by atoms with van der Waals surface area (Å²) in [4.78, 5) is 0. The van der Waals surface area contributed by atoms with E-state index in [-0.39, 0.29) is 6.04 Å². The van der Waals surface area contributed by atoms with Crippen molar-refractivity contribution in [3.8, 4) is 5.75 Å². The summed E-state index contributed by atoms with van der Waals surface area (Å²) in [5.74, 6) is 3.43. The Bertz CT molecular complexity index is 641. The van der Waals surface area contributed by atoms with Gasteiger partial charge in [0.15, 0.2) is 0 Å². The lowest BCUT2D eigenvalue weighted by Gasteiger charge is -2.17. The molecule has 0 saturated carbocycles. The number of para-hydroxylation sites is 1. The zero-order chi connectivity index (χ0) is 16.8. The minimum absolute atomic E-state index is 0.224. The van der Waals surface area contributed by atoms with Crippen molar-refractivity contribution in [3.63, 3.8) is 0 Å². The largest absolute Gasteiger partial charge is 0.494 e. The van der Waals surface area contributed by atoms with Gasteiger partial charge in [0, 0.05) is 19.0 Å². The highest BCUT2D eigenvalue weighted by Gasteiger charge is 2.30. The number of nitrogens with one attached hydrogen (secondary N) is 3. The van der Waals surface area contributed by atoms with Gasteiger partial charge in [-0.2, -0.15) is 0 Å². The van der Waals surface area contributed by atoms with Gasteiger partial charge in [0.2, 0.25) is 0 Å². The van der Waals surface area contributed by atoms with Crippen LogP contribution in [0, 0.1) is 12.8 Å². The molecule has 0 aliphatic carbocycles. The fourth-order valence-corrected chi connectivity index (χ4v) is 3.17. The predicted octanol–water partition coefficient (Wildman–Crippen LogP) is 2.58. The fourth-order valence-electron chi connectivity index (χ4n) is 3.17. The number of furan rings is 1. The molecule has 1 aliphatic rings. The first-order chi connectivity index (χ1) is 11.8. The molecule has 0 spiro atoms. The monoisotopic (exact) mass is 329 g/mol. The van der Waals surface area contributed by atoms with Crippen LogP contribution in [0.3, 0.4) is 0 Å². The van der Waals surface area contributed by atoms with Crippen LogP contribution in [0.15, 0.2) is 40.8 Å². The van der Waals surface area contributed by atoms with Gasteiger partial charge in [-0.25, -0.2) is 5.43 Å². The molecule has 2 atom stereocenters. The molecule has 5 nitrogen and oxygen atoms in total. The average Bonchev–Trinajstić information content (AvgIpc) is 3.22. The highest BCUT2D eigenvalue weighted by molar-refractivity contribution is 5.33. The topological polar surface area (TPSA) is 58.5 Å². The molecule has 1 fully saturated rings. The minimum atomic E-state index is 0.224. The molecule has 24 heavy (non-hydrogen) atoms. The van der Waals surface area contributed by atoms with Crippen LogP contribution in [-0.4, -0.2) is 26.2 Å². The number of hydrogen-bond donors (Lipinski definition) is 3. The van der Waals surface area contributed by atoms with Crippen molar-refractivity contribution in [1.29, 1.82) is 0 Å². The number of hydrazine groups is 1. The molecule has 1 aromatic carbocycles. The molecule has 1 aromatic heterocycles. The Morgan fingerprint density at radius 1 is 1.25 bits per heavy atom. The second-order valence-electron chi connectivity index (χ2n) is 6.21. The van der Waals surface area contributed by atoms with Crippen LogP contribution in [0.25, 0.3) is 0 Å². The third-order valence-corrected chi connectivity index (χ3v) is 4.41. The van der Waals surface area contributed by atoms with Crippen LogP contribution in [0.5, 0.6) is 5.75 Å². The summed E-state index contributed by atoms with van der Waals surface area (Å²) in [6, 6.07) is 12.6. The number of hydrogen-bond acceptors (Lipinski definition) is 5. The molecular formula is C19H27N3O2. The zero-order valence-corrected chi connectivity index (χ0v) is 14.5. The quantitative estimate of drug-likeness (QED) is 0.650. The van der Waals surface area contributed by atoms with Crippen LogP contribution < -0.4 is 20.9 Å². The Labute approximate surface area is 143 Å². The lowest BCUT2D eigenvalue weighted by molar-refractivity contribution is 0.335. The SMILES string of the molecule is CCOc1ccccc1CCNCC1CNNC1c1ccc(C)o1. The maximum atomic E-state index is 5.77. The second kappa shape index (κ2) is 8.33. The Morgan fingerprint density at radius 3 is 2.92 bits per heavy atom. The van der Waals surface area contributed by atoms with Gasteiger partial charge in [0.05, 0.1) is 12.6 Å². The molecule has 0 amide bonds. The van der Waals surface area contributed by atoms with E-state index in [0.717, 1.165) is 43.3 Å². The van der Waals surface area contributed by atoms with Gasteiger partial charge < -0.3 is 14.5 Å². The maximum Gasteiger partial charge on any atom is 0.122 e. The van der Waals surface area contributed by atoms with Crippen molar-refractivity contribution < 1.29 is 9.15 Å². The summed E-state index contributed by atoms with van der Waals surface area (Å²) in [5, 5.41) is 3.57. The van der Waals surface area contributed by atoms with Gasteiger partial charge in [-0.05, 0) is 50.6 Å². The molecule has 1 saturated heterocycles. The maximum absolute atomic E-state index is 5.77. The molecule has 3 N–H and O–H groups in total. The van der Waals surface area contributed by atoms with Crippen molar-refractivity contribution in [2.24, 2.45) is 5.92 Å². The first-order valence-corrected chi connectivity index (χ1v) is 8.74. The van der Waals surface area contributed by atoms with Gasteiger partial charge in [-0.1, -0.05) is 18.2 Å². The van der Waals surface area contributed by atoms with E-state index in [4.69, 9.17) is 9.15 Å². The first-order valence-electron chi connectivity index (χ1n) is 8.74. The van der Waals surface area contributed by atoms with Crippen LogP contribution in [-0.2, 0) is 6.42 Å². The molecule has 2 heterocycles. The summed E-state index contributed by atoms with van der Waals surface area (Å²) >= 11 is 0. The van der Waals surface area contributed by atoms with E-state index < -0.39 is 0 Å². The number of ether oxygens (including phenoxy) is 1. The van der Waals surface area contributed by atoms with Crippen molar-refractivity contribution in [3.05, 3.63) is 53.5 Å². The molecule has 2 aromatic rings. The van der Waals surface area contributed by atoms with E-state index in [2.05, 4.69) is 34.4 Å². The van der Waals surface area contributed by atoms with Gasteiger partial charge in [0.1, 0.15) is 17.3 Å². The number of benzene rings is 1. The summed E-state index contributed by atoms with van der Waals surface area (Å²) in [7, 11) is 0. The van der Waals surface area contributed by atoms with Gasteiger partial charge in [-0.15, -0.1) is 0 Å². The second-order valence-corrected chi connectivity index (χ2v) is 6.21. The highest BCUT2D eigenvalue weighted by Crippen LogP contribution is 2.26. The third-order valence-electron chi connectivity index (χ3n) is 4.41. The first kappa shape index (κ1) is 17.0. The smallest absolute Gasteiger partial charge is 0.122 e. The third kappa shape index (κ3) is 4.17. The molecule has 0 radical (unpaired) electrons. The van der Waals surface area contributed by atoms with Gasteiger partial charge in [0.25, 0.3) is 0 Å². The molecule has 2 unspecified atom stereocenters. The normalized spacial score (nSPS) is 20.4. The lowest BCUT2D eigenvalue weighted by Crippen LogP contribution is -2.29. The van der Waals surface area contributed by atoms with E-state index in [1.54, 1.807) is 0 Å². The summed E-state index contributed by atoms with van der Waals surface area (Å²) in [6.07, 6.45) is 0.967. The van der Waals surface area contributed by atoms with Crippen LogP contribution in [0.1, 0.15) is 30.0 Å².